The number of carbonyl (C=O) groups is 1. The molecule has 2 heterocycles. The SMILES string of the molecule is CCN=CC=C(N)c1cc(O[C@H](C)[C@H]2CNC(=O)C2)c2c(c1)ncn2C1CC1. The third kappa shape index (κ3) is 3.74. The highest BCUT2D eigenvalue weighted by molar-refractivity contribution is 5.90. The molecule has 0 radical (unpaired) electrons. The lowest BCUT2D eigenvalue weighted by molar-refractivity contribution is -0.119. The number of aliphatic imine (C=N–C) groups is 1. The number of allylic oxidation sites excluding steroid dienone is 1. The van der Waals surface area contributed by atoms with Gasteiger partial charge >= 0.3 is 0 Å². The Morgan fingerprint density at radius 3 is 3.00 bits per heavy atom. The average Bonchev–Trinajstić information content (AvgIpc) is 3.28. The van der Waals surface area contributed by atoms with Gasteiger partial charge in [-0.05, 0) is 44.9 Å². The van der Waals surface area contributed by atoms with E-state index in [0.717, 1.165) is 22.3 Å². The first-order chi connectivity index (χ1) is 13.6. The molecule has 2 atom stereocenters. The molecule has 3 N–H and O–H groups in total. The maximum atomic E-state index is 11.6. The van der Waals surface area contributed by atoms with Crippen LogP contribution in [0.25, 0.3) is 16.7 Å². The number of rotatable bonds is 7. The number of nitrogens with one attached hydrogen (secondary N) is 1. The molecule has 4 rings (SSSR count). The molecule has 2 aliphatic rings. The molecule has 0 bridgehead atoms. The maximum Gasteiger partial charge on any atom is 0.220 e. The lowest BCUT2D eigenvalue weighted by Crippen LogP contribution is -2.26. The van der Waals surface area contributed by atoms with Gasteiger partial charge in [-0.25, -0.2) is 4.98 Å². The van der Waals surface area contributed by atoms with Crippen LogP contribution in [0, 0.1) is 5.92 Å². The predicted octanol–water partition coefficient (Wildman–Crippen LogP) is 2.66. The number of imidazole rings is 1. The Hall–Kier alpha value is -2.83. The molecule has 1 saturated carbocycles. The summed E-state index contributed by atoms with van der Waals surface area (Å²) in [5.41, 5.74) is 9.63. The van der Waals surface area contributed by atoms with E-state index in [2.05, 4.69) is 19.9 Å². The summed E-state index contributed by atoms with van der Waals surface area (Å²) in [6.45, 7) is 5.37. The van der Waals surface area contributed by atoms with Crippen molar-refractivity contribution in [1.82, 2.24) is 14.9 Å². The average molecular weight is 381 g/mol. The molecule has 1 aliphatic heterocycles. The maximum absolute atomic E-state index is 11.6. The molecule has 1 saturated heterocycles. The van der Waals surface area contributed by atoms with Gasteiger partial charge in [-0.1, -0.05) is 0 Å². The van der Waals surface area contributed by atoms with Crippen LogP contribution < -0.4 is 15.8 Å². The fourth-order valence-corrected chi connectivity index (χ4v) is 3.61. The van der Waals surface area contributed by atoms with Crippen molar-refractivity contribution in [2.24, 2.45) is 16.6 Å². The molecule has 1 aliphatic carbocycles. The Morgan fingerprint density at radius 2 is 2.32 bits per heavy atom. The van der Waals surface area contributed by atoms with E-state index in [1.165, 1.54) is 12.8 Å². The minimum absolute atomic E-state index is 0.0877. The second kappa shape index (κ2) is 7.66. The number of ether oxygens (including phenoxy) is 1. The summed E-state index contributed by atoms with van der Waals surface area (Å²) >= 11 is 0. The molecule has 1 amide bonds. The van der Waals surface area contributed by atoms with Gasteiger partial charge in [0, 0.05) is 48.9 Å². The second-order valence-electron chi connectivity index (χ2n) is 7.59. The molecule has 2 aromatic rings. The van der Waals surface area contributed by atoms with Crippen molar-refractivity contribution in [3.05, 3.63) is 30.1 Å². The molecule has 28 heavy (non-hydrogen) atoms. The van der Waals surface area contributed by atoms with Crippen molar-refractivity contribution < 1.29 is 9.53 Å². The molecule has 0 unspecified atom stereocenters. The van der Waals surface area contributed by atoms with Crippen LogP contribution in [0.5, 0.6) is 5.75 Å². The number of aromatic nitrogens is 2. The molecular weight excluding hydrogens is 354 g/mol. The van der Waals surface area contributed by atoms with Gasteiger partial charge in [-0.15, -0.1) is 0 Å². The fourth-order valence-electron chi connectivity index (χ4n) is 3.61. The molecule has 7 nitrogen and oxygen atoms in total. The van der Waals surface area contributed by atoms with Crippen LogP contribution in [0.2, 0.25) is 0 Å². The first-order valence-corrected chi connectivity index (χ1v) is 9.96. The standard InChI is InChI=1S/C21H27N5O2/c1-3-23-7-6-17(22)14-8-18-21(26(12-25-18)16-4-5-16)19(9-14)28-13(2)15-10-20(27)24-11-15/h6-9,12-13,15-16H,3-5,10-11,22H2,1-2H3,(H,24,27)/t13-,15-/m1/s1. The van der Waals surface area contributed by atoms with Crippen LogP contribution in [0.3, 0.4) is 0 Å². The summed E-state index contributed by atoms with van der Waals surface area (Å²) in [4.78, 5) is 20.4. The van der Waals surface area contributed by atoms with Gasteiger partial charge in [-0.3, -0.25) is 9.79 Å². The van der Waals surface area contributed by atoms with Crippen molar-refractivity contribution in [3.63, 3.8) is 0 Å². The highest BCUT2D eigenvalue weighted by atomic mass is 16.5. The van der Waals surface area contributed by atoms with E-state index in [1.54, 1.807) is 12.3 Å². The predicted molar refractivity (Wildman–Crippen MR) is 110 cm³/mol. The van der Waals surface area contributed by atoms with E-state index in [9.17, 15) is 4.79 Å². The third-order valence-corrected chi connectivity index (χ3v) is 5.44. The highest BCUT2D eigenvalue weighted by Crippen LogP contribution is 2.40. The van der Waals surface area contributed by atoms with E-state index in [0.29, 0.717) is 31.2 Å². The van der Waals surface area contributed by atoms with Crippen LogP contribution in [-0.2, 0) is 4.79 Å². The van der Waals surface area contributed by atoms with Crippen LogP contribution in [0.4, 0.5) is 0 Å². The number of fused-ring (bicyclic) bond motifs is 1. The summed E-state index contributed by atoms with van der Waals surface area (Å²) in [7, 11) is 0. The van der Waals surface area contributed by atoms with Crippen molar-refractivity contribution in [3.8, 4) is 5.75 Å². The van der Waals surface area contributed by atoms with Crippen LogP contribution in [0.1, 0.15) is 44.7 Å². The molecule has 0 spiro atoms. The summed E-state index contributed by atoms with van der Waals surface area (Å²) in [5, 5.41) is 2.89. The summed E-state index contributed by atoms with van der Waals surface area (Å²) in [5.74, 6) is 1.02. The number of amides is 1. The monoisotopic (exact) mass is 381 g/mol. The zero-order valence-electron chi connectivity index (χ0n) is 16.4. The molecular formula is C21H27N5O2. The van der Waals surface area contributed by atoms with Crippen molar-refractivity contribution >= 4 is 28.9 Å². The Kier molecular flexibility index (Phi) is 5.07. The minimum Gasteiger partial charge on any atom is -0.488 e. The van der Waals surface area contributed by atoms with Gasteiger partial charge in [-0.2, -0.15) is 0 Å². The first kappa shape index (κ1) is 18.5. The van der Waals surface area contributed by atoms with Gasteiger partial charge in [0.15, 0.2) is 0 Å². The van der Waals surface area contributed by atoms with Crippen molar-refractivity contribution in [2.45, 2.75) is 45.3 Å². The number of nitrogens with two attached hydrogens (primary N) is 1. The zero-order valence-corrected chi connectivity index (χ0v) is 16.4. The van der Waals surface area contributed by atoms with Crippen LogP contribution >= 0.6 is 0 Å². The van der Waals surface area contributed by atoms with Gasteiger partial charge < -0.3 is 20.4 Å². The van der Waals surface area contributed by atoms with Gasteiger partial charge in [0.05, 0.1) is 11.8 Å². The lowest BCUT2D eigenvalue weighted by atomic mass is 10.0. The van der Waals surface area contributed by atoms with Crippen LogP contribution in [0.15, 0.2) is 29.5 Å². The number of nitrogens with zero attached hydrogens (tertiary/aromatic N) is 3. The molecule has 2 fully saturated rings. The van der Waals surface area contributed by atoms with Crippen LogP contribution in [-0.4, -0.2) is 40.9 Å². The smallest absolute Gasteiger partial charge is 0.220 e. The van der Waals surface area contributed by atoms with Crippen molar-refractivity contribution in [2.75, 3.05) is 13.1 Å². The zero-order chi connectivity index (χ0) is 19.7. The number of carbonyl (C=O) groups excluding carboxylic acids is 1. The first-order valence-electron chi connectivity index (χ1n) is 9.96. The van der Waals surface area contributed by atoms with Gasteiger partial charge in [0.1, 0.15) is 17.4 Å². The number of hydrogen-bond acceptors (Lipinski definition) is 5. The second-order valence-corrected chi connectivity index (χ2v) is 7.59. The number of hydrogen-bond donors (Lipinski definition) is 2. The third-order valence-electron chi connectivity index (χ3n) is 5.44. The van der Waals surface area contributed by atoms with Crippen molar-refractivity contribution in [1.29, 1.82) is 0 Å². The van der Waals surface area contributed by atoms with E-state index >= 15 is 0 Å². The molecule has 7 heteroatoms. The number of benzene rings is 1. The van der Waals surface area contributed by atoms with E-state index in [4.69, 9.17) is 10.5 Å². The Bertz CT molecular complexity index is 942. The quantitative estimate of drug-likeness (QED) is 0.721. The fraction of sp³-hybridized carbons (Fsp3) is 0.476. The Morgan fingerprint density at radius 1 is 1.50 bits per heavy atom. The normalized spacial score (nSPS) is 21.4. The summed E-state index contributed by atoms with van der Waals surface area (Å²) in [6.07, 6.45) is 8.16. The highest BCUT2D eigenvalue weighted by Gasteiger charge is 2.30. The summed E-state index contributed by atoms with van der Waals surface area (Å²) < 4.78 is 8.59. The summed E-state index contributed by atoms with van der Waals surface area (Å²) in [6, 6.07) is 4.47. The van der Waals surface area contributed by atoms with E-state index in [1.807, 2.05) is 32.3 Å². The topological polar surface area (TPSA) is 94.5 Å². The van der Waals surface area contributed by atoms with E-state index in [-0.39, 0.29) is 17.9 Å². The Labute approximate surface area is 164 Å². The lowest BCUT2D eigenvalue weighted by Gasteiger charge is -2.21. The molecule has 1 aromatic heterocycles. The Balaban J connectivity index is 1.70. The largest absolute Gasteiger partial charge is 0.488 e. The molecule has 1 aromatic carbocycles. The van der Waals surface area contributed by atoms with E-state index < -0.39 is 0 Å². The minimum atomic E-state index is -0.0909. The van der Waals surface area contributed by atoms with Gasteiger partial charge in [0.2, 0.25) is 5.91 Å². The molecule has 148 valence electrons. The van der Waals surface area contributed by atoms with Gasteiger partial charge in [0.25, 0.3) is 0 Å².